The molecule has 0 saturated carbocycles. The maximum atomic E-state index is 4.27. The molecule has 1 aromatic heterocycles. The molecule has 0 amide bonds. The molecule has 0 spiro atoms. The summed E-state index contributed by atoms with van der Waals surface area (Å²) < 4.78 is 0. The normalized spacial score (nSPS) is 13.3. The van der Waals surface area contributed by atoms with Crippen molar-refractivity contribution in [3.8, 4) is 0 Å². The summed E-state index contributed by atoms with van der Waals surface area (Å²) in [5.41, 5.74) is 1.54. The third kappa shape index (κ3) is 2.28. The summed E-state index contributed by atoms with van der Waals surface area (Å²) in [7, 11) is 4.75. The smallest absolute Gasteiger partial charge is 0.127 e. The lowest BCUT2D eigenvalue weighted by atomic mass is 10.0. The minimum atomic E-state index is 0.339. The molecule has 1 aromatic rings. The van der Waals surface area contributed by atoms with Gasteiger partial charge in [-0.3, -0.25) is 0 Å². The van der Waals surface area contributed by atoms with E-state index in [0.29, 0.717) is 11.5 Å². The zero-order valence-corrected chi connectivity index (χ0v) is 8.94. The fourth-order valence-electron chi connectivity index (χ4n) is 0.881. The summed E-state index contributed by atoms with van der Waals surface area (Å²) in [5.74, 6) is 1.41. The van der Waals surface area contributed by atoms with Crippen molar-refractivity contribution in [2.75, 3.05) is 0 Å². The van der Waals surface area contributed by atoms with Gasteiger partial charge in [0.15, 0.2) is 0 Å². The molecule has 0 aliphatic rings. The lowest BCUT2D eigenvalue weighted by molar-refractivity contribution is 0.834. The zero-order chi connectivity index (χ0) is 9.14. The van der Waals surface area contributed by atoms with Crippen LogP contribution in [0.5, 0.6) is 0 Å². The Morgan fingerprint density at radius 2 is 1.83 bits per heavy atom. The van der Waals surface area contributed by atoms with Crippen LogP contribution < -0.4 is 0 Å². The van der Waals surface area contributed by atoms with Gasteiger partial charge in [-0.2, -0.15) is 0 Å². The van der Waals surface area contributed by atoms with E-state index >= 15 is 0 Å². The number of hydrogen-bond donors (Lipinski definition) is 0. The molecule has 1 heterocycles. The molecule has 0 aliphatic carbocycles. The second-order valence-corrected chi connectivity index (χ2v) is 4.32. The third-order valence-corrected chi connectivity index (χ3v) is 2.06. The van der Waals surface area contributed by atoms with Crippen LogP contribution in [0.3, 0.4) is 0 Å². The van der Waals surface area contributed by atoms with Gasteiger partial charge < -0.3 is 0 Å². The van der Waals surface area contributed by atoms with Crippen LogP contribution in [-0.2, 0) is 0 Å². The van der Waals surface area contributed by atoms with Gasteiger partial charge in [0.1, 0.15) is 13.7 Å². The first kappa shape index (κ1) is 9.66. The van der Waals surface area contributed by atoms with E-state index in [1.54, 1.807) is 0 Å². The fourth-order valence-corrected chi connectivity index (χ4v) is 1.05. The Kier molecular flexibility index (Phi) is 3.22. The lowest BCUT2D eigenvalue weighted by Gasteiger charge is -2.06. The summed E-state index contributed by atoms with van der Waals surface area (Å²) in [6.07, 6.45) is 3.82. The van der Waals surface area contributed by atoms with Crippen LogP contribution in [0.4, 0.5) is 0 Å². The highest BCUT2D eigenvalue weighted by atomic mass is 31.0. The molecule has 64 valence electrons. The molecule has 4 heteroatoms. The number of hydrogen-bond acceptors (Lipinski definition) is 2. The number of rotatable bonds is 2. The monoisotopic (exact) mass is 180 g/mol. The van der Waals surface area contributed by atoms with Gasteiger partial charge in [0.2, 0.25) is 0 Å². The predicted octanol–water partition coefficient (Wildman–Crippen LogP) is 1.11. The Balaban J connectivity index is 2.86. The van der Waals surface area contributed by atoms with Gasteiger partial charge in [0, 0.05) is 18.0 Å². The summed E-state index contributed by atoms with van der Waals surface area (Å²) >= 11 is 0. The molecule has 2 nitrogen and oxygen atoms in total. The van der Waals surface area contributed by atoms with Crippen molar-refractivity contribution in [1.29, 1.82) is 0 Å². The average molecular weight is 180 g/mol. The van der Waals surface area contributed by atoms with E-state index in [2.05, 4.69) is 40.9 Å². The highest BCUT2D eigenvalue weighted by molar-refractivity contribution is 7.20. The van der Waals surface area contributed by atoms with Gasteiger partial charge in [-0.25, -0.2) is 9.97 Å². The summed E-state index contributed by atoms with van der Waals surface area (Å²) in [6.45, 7) is 4.28. The van der Waals surface area contributed by atoms with E-state index in [-0.39, 0.29) is 0 Å². The van der Waals surface area contributed by atoms with E-state index in [4.69, 9.17) is 0 Å². The number of nitrogens with zero attached hydrogens (tertiary/aromatic N) is 2. The first-order valence-electron chi connectivity index (χ1n) is 4.18. The Morgan fingerprint density at radius 1 is 1.33 bits per heavy atom. The maximum Gasteiger partial charge on any atom is 0.127 e. The van der Waals surface area contributed by atoms with Crippen LogP contribution in [0.1, 0.15) is 36.7 Å². The molecule has 2 atom stereocenters. The van der Waals surface area contributed by atoms with Gasteiger partial charge in [-0.1, -0.05) is 13.8 Å². The van der Waals surface area contributed by atoms with E-state index in [0.717, 1.165) is 5.82 Å². The van der Waals surface area contributed by atoms with Gasteiger partial charge in [-0.05, 0) is 11.5 Å². The summed E-state index contributed by atoms with van der Waals surface area (Å²) in [5, 5.41) is 0. The van der Waals surface area contributed by atoms with Crippen LogP contribution in [0.25, 0.3) is 0 Å². The quantitative estimate of drug-likeness (QED) is 0.503. The van der Waals surface area contributed by atoms with E-state index in [9.17, 15) is 0 Å². The van der Waals surface area contributed by atoms with Crippen molar-refractivity contribution < 1.29 is 0 Å². The van der Waals surface area contributed by atoms with Crippen molar-refractivity contribution in [3.63, 3.8) is 0 Å². The first-order chi connectivity index (χ1) is 5.61. The Labute approximate surface area is 76.8 Å². The van der Waals surface area contributed by atoms with Crippen LogP contribution in [0.15, 0.2) is 12.4 Å². The molecule has 0 aliphatic heterocycles. The molecule has 0 saturated heterocycles. The van der Waals surface area contributed by atoms with E-state index in [1.165, 1.54) is 5.56 Å². The molecule has 12 heavy (non-hydrogen) atoms. The zero-order valence-electron chi connectivity index (χ0n) is 7.78. The lowest BCUT2D eigenvalue weighted by Crippen LogP contribution is -1.99. The maximum absolute atomic E-state index is 4.27. The minimum Gasteiger partial charge on any atom is -0.241 e. The fraction of sp³-hybridized carbons (Fsp3) is 0.500. The van der Waals surface area contributed by atoms with Crippen molar-refractivity contribution in [2.24, 2.45) is 0 Å². The topological polar surface area (TPSA) is 25.8 Å². The van der Waals surface area contributed by atoms with Crippen molar-refractivity contribution in [1.82, 2.24) is 9.97 Å². The van der Waals surface area contributed by atoms with Crippen LogP contribution in [0, 0.1) is 0 Å². The van der Waals surface area contributed by atoms with Crippen molar-refractivity contribution >= 4 is 17.1 Å². The Morgan fingerprint density at radius 3 is 2.17 bits per heavy atom. The molecule has 1 rings (SSSR count). The molecule has 2 unspecified atom stereocenters. The van der Waals surface area contributed by atoms with Gasteiger partial charge in [-0.15, -0.1) is 9.24 Å². The molecule has 0 radical (unpaired) electrons. The van der Waals surface area contributed by atoms with Gasteiger partial charge in [0.05, 0.1) is 0 Å². The van der Waals surface area contributed by atoms with Crippen molar-refractivity contribution in [2.45, 2.75) is 25.3 Å². The van der Waals surface area contributed by atoms with E-state index in [1.807, 2.05) is 12.4 Å². The molecular formula is C8H14BN2P. The first-order valence-corrected chi connectivity index (χ1v) is 4.85. The largest absolute Gasteiger partial charge is 0.241 e. The Bertz CT molecular complexity index is 219. The average Bonchev–Trinajstić information content (AvgIpc) is 2.04. The molecule has 0 N–H and O–H groups in total. The SMILES string of the molecule is BC(P)c1ncc(C(C)C)cn1. The van der Waals surface area contributed by atoms with Crippen LogP contribution >= 0.6 is 9.24 Å². The summed E-state index contributed by atoms with van der Waals surface area (Å²) in [6, 6.07) is 0. The third-order valence-electron chi connectivity index (χ3n) is 1.77. The van der Waals surface area contributed by atoms with E-state index < -0.39 is 0 Å². The molecular weight excluding hydrogens is 166 g/mol. The minimum absolute atomic E-state index is 0.339. The highest BCUT2D eigenvalue weighted by Gasteiger charge is 2.03. The molecule has 0 bridgehead atoms. The standard InChI is InChI=1S/C8H14BN2P/c1-5(2)6-3-10-8(7(9)12)11-4-6/h3-5,7H,9,12H2,1-2H3. The Hall–Kier alpha value is -0.425. The van der Waals surface area contributed by atoms with Gasteiger partial charge in [0.25, 0.3) is 0 Å². The van der Waals surface area contributed by atoms with Crippen LogP contribution in [-0.4, -0.2) is 17.8 Å². The predicted molar refractivity (Wildman–Crippen MR) is 57.1 cm³/mol. The molecule has 0 aromatic carbocycles. The summed E-state index contributed by atoms with van der Waals surface area (Å²) in [4.78, 5) is 8.54. The second kappa shape index (κ2) is 4.00. The second-order valence-electron chi connectivity index (χ2n) is 3.32. The van der Waals surface area contributed by atoms with Gasteiger partial charge >= 0.3 is 0 Å². The number of aromatic nitrogens is 2. The highest BCUT2D eigenvalue weighted by Crippen LogP contribution is 2.16. The van der Waals surface area contributed by atoms with Crippen LogP contribution in [0.2, 0.25) is 0 Å². The molecule has 0 fully saturated rings. The van der Waals surface area contributed by atoms with Crippen molar-refractivity contribution in [3.05, 3.63) is 23.8 Å².